The minimum Gasteiger partial charge on any atom is -0.349 e. The number of benzene rings is 1. The highest BCUT2D eigenvalue weighted by atomic mass is 79.9. The average Bonchev–Trinajstić information content (AvgIpc) is 2.31. The number of hydrogen-bond donors (Lipinski definition) is 1. The second-order valence-electron chi connectivity index (χ2n) is 3.83. The predicted octanol–water partition coefficient (Wildman–Crippen LogP) is 4.10. The summed E-state index contributed by atoms with van der Waals surface area (Å²) < 4.78 is 1.56. The van der Waals surface area contributed by atoms with E-state index in [1.54, 1.807) is 0 Å². The summed E-state index contributed by atoms with van der Waals surface area (Å²) in [7, 11) is 0. The molecule has 1 aromatic rings. The highest BCUT2D eigenvalue weighted by Crippen LogP contribution is 2.16. The molecule has 0 heterocycles. The number of halogens is 2. The van der Waals surface area contributed by atoms with Gasteiger partial charge in [0.2, 0.25) is 0 Å². The topological polar surface area (TPSA) is 29.1 Å². The molecule has 0 aliphatic rings. The van der Waals surface area contributed by atoms with Crippen LogP contribution in [0.4, 0.5) is 0 Å². The van der Waals surface area contributed by atoms with Gasteiger partial charge in [0.05, 0.1) is 4.48 Å². The lowest BCUT2D eigenvalue weighted by molar-refractivity contribution is -0.117. The molecular formula is C13H15Br2NO. The standard InChI is InChI=1S/C13H15Br2NO/c1-3-9(2)16-13(17)12(15)8-10-4-6-11(14)7-5-10/h4-9H,3H2,1-2H3,(H,16,17). The molecule has 0 aliphatic carbocycles. The number of amides is 1. The van der Waals surface area contributed by atoms with Gasteiger partial charge in [-0.25, -0.2) is 0 Å². The first-order chi connectivity index (χ1) is 8.02. The lowest BCUT2D eigenvalue weighted by atomic mass is 10.2. The van der Waals surface area contributed by atoms with Crippen molar-refractivity contribution in [2.75, 3.05) is 0 Å². The van der Waals surface area contributed by atoms with Crippen molar-refractivity contribution in [3.05, 3.63) is 38.8 Å². The van der Waals surface area contributed by atoms with Gasteiger partial charge in [-0.2, -0.15) is 0 Å². The molecule has 1 unspecified atom stereocenters. The molecule has 2 nitrogen and oxygen atoms in total. The molecular weight excluding hydrogens is 346 g/mol. The van der Waals surface area contributed by atoms with Gasteiger partial charge in [-0.1, -0.05) is 35.0 Å². The molecule has 0 spiro atoms. The van der Waals surface area contributed by atoms with Crippen molar-refractivity contribution < 1.29 is 4.79 Å². The van der Waals surface area contributed by atoms with Crippen LogP contribution in [0.2, 0.25) is 0 Å². The molecule has 1 amide bonds. The summed E-state index contributed by atoms with van der Waals surface area (Å²) >= 11 is 6.66. The van der Waals surface area contributed by atoms with Gasteiger partial charge in [-0.15, -0.1) is 0 Å². The molecule has 1 aromatic carbocycles. The molecule has 0 radical (unpaired) electrons. The summed E-state index contributed by atoms with van der Waals surface area (Å²) in [5, 5.41) is 2.90. The number of rotatable bonds is 4. The maximum atomic E-state index is 11.7. The Kier molecular flexibility index (Phi) is 5.92. The largest absolute Gasteiger partial charge is 0.349 e. The molecule has 0 bridgehead atoms. The Morgan fingerprint density at radius 2 is 2.00 bits per heavy atom. The first kappa shape index (κ1) is 14.5. The van der Waals surface area contributed by atoms with Crippen LogP contribution < -0.4 is 5.32 Å². The van der Waals surface area contributed by atoms with E-state index in [-0.39, 0.29) is 11.9 Å². The van der Waals surface area contributed by atoms with E-state index in [1.807, 2.05) is 44.2 Å². The van der Waals surface area contributed by atoms with Crippen LogP contribution in [0.3, 0.4) is 0 Å². The maximum absolute atomic E-state index is 11.7. The van der Waals surface area contributed by atoms with Crippen LogP contribution in [0.15, 0.2) is 33.2 Å². The Labute approximate surface area is 119 Å². The van der Waals surface area contributed by atoms with Crippen molar-refractivity contribution in [3.8, 4) is 0 Å². The smallest absolute Gasteiger partial charge is 0.258 e. The molecule has 1 N–H and O–H groups in total. The Morgan fingerprint density at radius 1 is 1.41 bits per heavy atom. The minimum absolute atomic E-state index is 0.0812. The zero-order chi connectivity index (χ0) is 12.8. The van der Waals surface area contributed by atoms with Crippen LogP contribution in [-0.4, -0.2) is 11.9 Å². The number of nitrogens with one attached hydrogen (secondary N) is 1. The van der Waals surface area contributed by atoms with Crippen molar-refractivity contribution in [1.82, 2.24) is 5.32 Å². The van der Waals surface area contributed by atoms with E-state index >= 15 is 0 Å². The molecule has 92 valence electrons. The lowest BCUT2D eigenvalue weighted by Gasteiger charge is -2.10. The average molecular weight is 361 g/mol. The molecule has 0 aliphatic heterocycles. The highest BCUT2D eigenvalue weighted by Gasteiger charge is 2.08. The van der Waals surface area contributed by atoms with Crippen molar-refractivity contribution in [3.63, 3.8) is 0 Å². The first-order valence-corrected chi connectivity index (χ1v) is 7.05. The summed E-state index contributed by atoms with van der Waals surface area (Å²) in [5.41, 5.74) is 0.986. The van der Waals surface area contributed by atoms with Crippen LogP contribution in [0.25, 0.3) is 6.08 Å². The predicted molar refractivity (Wildman–Crippen MR) is 78.9 cm³/mol. The van der Waals surface area contributed by atoms with Gasteiger partial charge in [-0.05, 0) is 53.0 Å². The first-order valence-electron chi connectivity index (χ1n) is 5.46. The third kappa shape index (κ3) is 5.04. The minimum atomic E-state index is -0.0812. The summed E-state index contributed by atoms with van der Waals surface area (Å²) in [6.07, 6.45) is 2.73. The van der Waals surface area contributed by atoms with Gasteiger partial charge in [0, 0.05) is 10.5 Å². The monoisotopic (exact) mass is 359 g/mol. The second kappa shape index (κ2) is 6.97. The molecule has 17 heavy (non-hydrogen) atoms. The van der Waals surface area contributed by atoms with Crippen LogP contribution >= 0.6 is 31.9 Å². The van der Waals surface area contributed by atoms with Crippen molar-refractivity contribution in [1.29, 1.82) is 0 Å². The van der Waals surface area contributed by atoms with Crippen molar-refractivity contribution in [2.45, 2.75) is 26.3 Å². The van der Waals surface area contributed by atoms with Crippen LogP contribution in [0, 0.1) is 0 Å². The number of carbonyl (C=O) groups is 1. The normalized spacial score (nSPS) is 13.3. The maximum Gasteiger partial charge on any atom is 0.258 e. The molecule has 0 saturated carbocycles. The molecule has 1 atom stereocenters. The SMILES string of the molecule is CCC(C)NC(=O)C(Br)=Cc1ccc(Br)cc1. The third-order valence-corrected chi connectivity index (χ3v) is 3.49. The summed E-state index contributed by atoms with van der Waals surface area (Å²) in [6.45, 7) is 4.02. The zero-order valence-electron chi connectivity index (χ0n) is 9.84. The molecule has 0 aromatic heterocycles. The fourth-order valence-electron chi connectivity index (χ4n) is 1.17. The van der Waals surface area contributed by atoms with E-state index in [0.717, 1.165) is 16.5 Å². The summed E-state index contributed by atoms with van der Waals surface area (Å²) in [5.74, 6) is -0.0812. The van der Waals surface area contributed by atoms with Gasteiger partial charge < -0.3 is 5.32 Å². The van der Waals surface area contributed by atoms with E-state index in [1.165, 1.54) is 0 Å². The van der Waals surface area contributed by atoms with Gasteiger partial charge >= 0.3 is 0 Å². The van der Waals surface area contributed by atoms with Gasteiger partial charge in [0.25, 0.3) is 5.91 Å². The van der Waals surface area contributed by atoms with Crippen molar-refractivity contribution in [2.24, 2.45) is 0 Å². The second-order valence-corrected chi connectivity index (χ2v) is 5.60. The number of carbonyl (C=O) groups excluding carboxylic acids is 1. The highest BCUT2D eigenvalue weighted by molar-refractivity contribution is 9.12. The third-order valence-electron chi connectivity index (χ3n) is 2.37. The molecule has 0 fully saturated rings. The Balaban J connectivity index is 2.71. The van der Waals surface area contributed by atoms with Crippen molar-refractivity contribution >= 4 is 43.8 Å². The Morgan fingerprint density at radius 3 is 2.53 bits per heavy atom. The Bertz CT molecular complexity index is 412. The summed E-state index contributed by atoms with van der Waals surface area (Å²) in [6, 6.07) is 7.97. The van der Waals surface area contributed by atoms with E-state index in [2.05, 4.69) is 37.2 Å². The van der Waals surface area contributed by atoms with E-state index in [0.29, 0.717) is 4.48 Å². The number of hydrogen-bond acceptors (Lipinski definition) is 1. The van der Waals surface area contributed by atoms with Gasteiger partial charge in [-0.3, -0.25) is 4.79 Å². The fourth-order valence-corrected chi connectivity index (χ4v) is 1.81. The lowest BCUT2D eigenvalue weighted by Crippen LogP contribution is -2.31. The van der Waals surface area contributed by atoms with E-state index in [4.69, 9.17) is 0 Å². The zero-order valence-corrected chi connectivity index (χ0v) is 13.0. The molecule has 0 saturated heterocycles. The molecule has 4 heteroatoms. The van der Waals surface area contributed by atoms with Crippen LogP contribution in [-0.2, 0) is 4.79 Å². The molecule has 1 rings (SSSR count). The quantitative estimate of drug-likeness (QED) is 0.804. The van der Waals surface area contributed by atoms with E-state index < -0.39 is 0 Å². The van der Waals surface area contributed by atoms with Gasteiger partial charge in [0.15, 0.2) is 0 Å². The fraction of sp³-hybridized carbons (Fsp3) is 0.308. The van der Waals surface area contributed by atoms with E-state index in [9.17, 15) is 4.79 Å². The Hall–Kier alpha value is -0.610. The van der Waals surface area contributed by atoms with Gasteiger partial charge in [0.1, 0.15) is 0 Å². The van der Waals surface area contributed by atoms with Crippen LogP contribution in [0.1, 0.15) is 25.8 Å². The van der Waals surface area contributed by atoms with Crippen LogP contribution in [0.5, 0.6) is 0 Å². The summed E-state index contributed by atoms with van der Waals surface area (Å²) in [4.78, 5) is 11.7.